The molecule has 4 heteroatoms. The Kier molecular flexibility index (Phi) is 3.06. The first-order chi connectivity index (χ1) is 10.8. The molecule has 0 atom stereocenters. The fraction of sp³-hybridized carbons (Fsp3) is 0.0556. The van der Waals surface area contributed by atoms with Crippen LogP contribution in [0.1, 0.15) is 5.01 Å². The summed E-state index contributed by atoms with van der Waals surface area (Å²) < 4.78 is 1.10. The van der Waals surface area contributed by atoms with Crippen molar-refractivity contribution in [2.24, 2.45) is 0 Å². The monoisotopic (exact) mass is 301 g/mol. The Morgan fingerprint density at radius 2 is 1.86 bits per heavy atom. The fourth-order valence-corrected chi connectivity index (χ4v) is 3.49. The Morgan fingerprint density at radius 1 is 0.955 bits per heavy atom. The number of para-hydroxylation sites is 2. The van der Waals surface area contributed by atoms with Gasteiger partial charge < -0.3 is 0 Å². The molecule has 0 saturated carbocycles. The Labute approximate surface area is 131 Å². The van der Waals surface area contributed by atoms with Crippen LogP contribution in [0.4, 0.5) is 0 Å². The van der Waals surface area contributed by atoms with Gasteiger partial charge in [0.2, 0.25) is 0 Å². The maximum Gasteiger partial charge on any atom is 0.108 e. The van der Waals surface area contributed by atoms with Gasteiger partial charge in [0.1, 0.15) is 5.01 Å². The summed E-state index contributed by atoms with van der Waals surface area (Å²) in [6.45, 7) is 0. The summed E-state index contributed by atoms with van der Waals surface area (Å²) in [5.74, 6) is 0. The van der Waals surface area contributed by atoms with Crippen molar-refractivity contribution >= 4 is 32.5 Å². The van der Waals surface area contributed by atoms with Crippen LogP contribution in [0.3, 0.4) is 0 Å². The number of benzene rings is 2. The molecule has 0 spiro atoms. The Balaban J connectivity index is 1.93. The summed E-state index contributed by atoms with van der Waals surface area (Å²) in [6, 6.07) is 20.4. The topological polar surface area (TPSA) is 49.6 Å². The van der Waals surface area contributed by atoms with Crippen LogP contribution in [-0.4, -0.2) is 9.97 Å². The van der Waals surface area contributed by atoms with E-state index in [2.05, 4.69) is 23.2 Å². The van der Waals surface area contributed by atoms with Crippen molar-refractivity contribution in [3.8, 4) is 17.3 Å². The maximum absolute atomic E-state index is 8.85. The van der Waals surface area contributed by atoms with E-state index in [1.165, 1.54) is 0 Å². The van der Waals surface area contributed by atoms with E-state index in [0.29, 0.717) is 6.42 Å². The van der Waals surface area contributed by atoms with Gasteiger partial charge in [-0.2, -0.15) is 5.26 Å². The summed E-state index contributed by atoms with van der Waals surface area (Å²) >= 11 is 1.57. The standard InChI is InChI=1S/C18H11N3S/c19-11-10-17-21-18-13(5-3-7-16(18)22-17)15-9-8-12-4-1-2-6-14(12)20-15/h1-9H,10H2. The maximum atomic E-state index is 8.85. The van der Waals surface area contributed by atoms with Gasteiger partial charge in [0.15, 0.2) is 0 Å². The lowest BCUT2D eigenvalue weighted by Gasteiger charge is -2.04. The quantitative estimate of drug-likeness (QED) is 0.544. The summed E-state index contributed by atoms with van der Waals surface area (Å²) in [7, 11) is 0. The summed E-state index contributed by atoms with van der Waals surface area (Å²) in [5, 5.41) is 10.8. The molecule has 0 unspecified atom stereocenters. The highest BCUT2D eigenvalue weighted by atomic mass is 32.1. The molecule has 0 aliphatic carbocycles. The molecule has 3 nitrogen and oxygen atoms in total. The van der Waals surface area contributed by atoms with E-state index < -0.39 is 0 Å². The number of thiazole rings is 1. The number of nitrogens with zero attached hydrogens (tertiary/aromatic N) is 3. The van der Waals surface area contributed by atoms with Crippen molar-refractivity contribution < 1.29 is 0 Å². The third-order valence-corrected chi connectivity index (χ3v) is 4.59. The minimum absolute atomic E-state index is 0.351. The molecule has 4 aromatic rings. The van der Waals surface area contributed by atoms with Gasteiger partial charge in [-0.3, -0.25) is 0 Å². The van der Waals surface area contributed by atoms with Gasteiger partial charge in [-0.25, -0.2) is 9.97 Å². The van der Waals surface area contributed by atoms with E-state index >= 15 is 0 Å². The molecular formula is C18H11N3S. The van der Waals surface area contributed by atoms with E-state index in [4.69, 9.17) is 10.2 Å². The molecule has 0 aliphatic rings. The van der Waals surface area contributed by atoms with Crippen LogP contribution in [0.15, 0.2) is 54.6 Å². The normalized spacial score (nSPS) is 10.9. The van der Waals surface area contributed by atoms with Crippen molar-refractivity contribution in [1.29, 1.82) is 5.26 Å². The number of fused-ring (bicyclic) bond motifs is 2. The lowest BCUT2D eigenvalue weighted by atomic mass is 10.1. The summed E-state index contributed by atoms with van der Waals surface area (Å²) in [6.07, 6.45) is 0.351. The zero-order chi connectivity index (χ0) is 14.9. The van der Waals surface area contributed by atoms with Gasteiger partial charge in [0.05, 0.1) is 33.9 Å². The smallest absolute Gasteiger partial charge is 0.108 e. The molecule has 0 amide bonds. The average Bonchev–Trinajstić information content (AvgIpc) is 2.97. The van der Waals surface area contributed by atoms with Gasteiger partial charge in [-0.1, -0.05) is 36.4 Å². The van der Waals surface area contributed by atoms with Crippen LogP contribution in [0.5, 0.6) is 0 Å². The molecule has 0 N–H and O–H groups in total. The second-order valence-electron chi connectivity index (χ2n) is 4.98. The minimum Gasteiger partial charge on any atom is -0.248 e. The van der Waals surface area contributed by atoms with E-state index in [-0.39, 0.29) is 0 Å². The van der Waals surface area contributed by atoms with Gasteiger partial charge in [0.25, 0.3) is 0 Å². The SMILES string of the molecule is N#CCc1nc2c(-c3ccc4ccccc4n3)cccc2s1. The van der Waals surface area contributed by atoms with Crippen LogP contribution in [-0.2, 0) is 6.42 Å². The lowest BCUT2D eigenvalue weighted by molar-refractivity contribution is 1.21. The van der Waals surface area contributed by atoms with Crippen LogP contribution < -0.4 is 0 Å². The van der Waals surface area contributed by atoms with E-state index in [0.717, 1.165) is 37.4 Å². The Morgan fingerprint density at radius 3 is 2.77 bits per heavy atom. The van der Waals surface area contributed by atoms with Gasteiger partial charge >= 0.3 is 0 Å². The predicted octanol–water partition coefficient (Wildman–Crippen LogP) is 4.58. The van der Waals surface area contributed by atoms with Crippen LogP contribution in [0, 0.1) is 11.3 Å². The number of hydrogen-bond acceptors (Lipinski definition) is 4. The van der Waals surface area contributed by atoms with Gasteiger partial charge in [-0.15, -0.1) is 11.3 Å². The van der Waals surface area contributed by atoms with Crippen molar-refractivity contribution in [1.82, 2.24) is 9.97 Å². The van der Waals surface area contributed by atoms with Gasteiger partial charge in [-0.05, 0) is 18.2 Å². The first-order valence-corrected chi connectivity index (χ1v) is 7.78. The molecule has 0 fully saturated rings. The number of rotatable bonds is 2. The second kappa shape index (κ2) is 5.21. The first kappa shape index (κ1) is 12.9. The second-order valence-corrected chi connectivity index (χ2v) is 6.10. The minimum atomic E-state index is 0.351. The third kappa shape index (κ3) is 2.12. The Bertz CT molecular complexity index is 1030. The largest absolute Gasteiger partial charge is 0.248 e. The average molecular weight is 301 g/mol. The molecule has 2 heterocycles. The van der Waals surface area contributed by atoms with Crippen molar-refractivity contribution in [3.05, 3.63) is 59.6 Å². The Hall–Kier alpha value is -2.77. The number of nitriles is 1. The van der Waals surface area contributed by atoms with Crippen LogP contribution in [0.25, 0.3) is 32.4 Å². The molecule has 0 saturated heterocycles. The first-order valence-electron chi connectivity index (χ1n) is 6.97. The number of pyridine rings is 1. The highest BCUT2D eigenvalue weighted by molar-refractivity contribution is 7.18. The number of hydrogen-bond donors (Lipinski definition) is 0. The van der Waals surface area contributed by atoms with E-state index in [9.17, 15) is 0 Å². The van der Waals surface area contributed by atoms with Crippen molar-refractivity contribution in [3.63, 3.8) is 0 Å². The third-order valence-electron chi connectivity index (χ3n) is 3.57. The molecule has 2 aromatic carbocycles. The lowest BCUT2D eigenvalue weighted by Crippen LogP contribution is -1.87. The zero-order valence-corrected chi connectivity index (χ0v) is 12.5. The van der Waals surface area contributed by atoms with Crippen molar-refractivity contribution in [2.75, 3.05) is 0 Å². The molecule has 4 rings (SSSR count). The molecule has 22 heavy (non-hydrogen) atoms. The molecule has 0 radical (unpaired) electrons. The molecule has 0 aliphatic heterocycles. The van der Waals surface area contributed by atoms with Crippen molar-refractivity contribution in [2.45, 2.75) is 6.42 Å². The zero-order valence-electron chi connectivity index (χ0n) is 11.7. The summed E-state index contributed by atoms with van der Waals surface area (Å²) in [4.78, 5) is 9.37. The summed E-state index contributed by atoms with van der Waals surface area (Å²) in [5.41, 5.74) is 3.84. The molecular weight excluding hydrogens is 290 g/mol. The fourth-order valence-electron chi connectivity index (χ4n) is 2.56. The van der Waals surface area contributed by atoms with Gasteiger partial charge in [0, 0.05) is 10.9 Å². The highest BCUT2D eigenvalue weighted by Crippen LogP contribution is 2.31. The predicted molar refractivity (Wildman–Crippen MR) is 89.7 cm³/mol. The number of aromatic nitrogens is 2. The van der Waals surface area contributed by atoms with Crippen LogP contribution in [0.2, 0.25) is 0 Å². The molecule has 104 valence electrons. The molecule has 2 aromatic heterocycles. The highest BCUT2D eigenvalue weighted by Gasteiger charge is 2.10. The molecule has 0 bridgehead atoms. The van der Waals surface area contributed by atoms with E-state index in [1.54, 1.807) is 11.3 Å². The van der Waals surface area contributed by atoms with E-state index in [1.807, 2.05) is 42.5 Å². The van der Waals surface area contributed by atoms with Crippen LogP contribution >= 0.6 is 11.3 Å².